The van der Waals surface area contributed by atoms with Gasteiger partial charge in [-0.25, -0.2) is 4.68 Å². The molecule has 1 saturated heterocycles. The number of aryl methyl sites for hydroxylation is 1. The number of hydrogen-bond acceptors (Lipinski definition) is 5. The fraction of sp³-hybridized carbons (Fsp3) is 0.300. The third-order valence-electron chi connectivity index (χ3n) is 4.99. The quantitative estimate of drug-likeness (QED) is 0.678. The molecular weight excluding hydrogens is 376 g/mol. The van der Waals surface area contributed by atoms with E-state index in [4.69, 9.17) is 11.6 Å². The van der Waals surface area contributed by atoms with Gasteiger partial charge >= 0.3 is 0 Å². The van der Waals surface area contributed by atoms with Crippen LogP contribution in [0.4, 0.5) is 0 Å². The van der Waals surface area contributed by atoms with Gasteiger partial charge in [-0.15, -0.1) is 5.10 Å². The fourth-order valence-electron chi connectivity index (χ4n) is 3.50. The second-order valence-corrected chi connectivity index (χ2v) is 7.39. The Kier molecular flexibility index (Phi) is 5.36. The van der Waals surface area contributed by atoms with Crippen LogP contribution in [-0.4, -0.2) is 62.1 Å². The van der Waals surface area contributed by atoms with Gasteiger partial charge in [0.1, 0.15) is 6.33 Å². The number of carbonyl (C=O) groups is 1. The van der Waals surface area contributed by atoms with Crippen molar-refractivity contribution in [1.29, 1.82) is 0 Å². The average molecular weight is 397 g/mol. The molecule has 8 heteroatoms. The van der Waals surface area contributed by atoms with Crippen molar-refractivity contribution in [3.63, 3.8) is 0 Å². The zero-order valence-electron chi connectivity index (χ0n) is 15.6. The molecule has 4 rings (SSSR count). The summed E-state index contributed by atoms with van der Waals surface area (Å²) in [5.74, 6) is 0.0637. The molecule has 28 heavy (non-hydrogen) atoms. The van der Waals surface area contributed by atoms with E-state index >= 15 is 0 Å². The summed E-state index contributed by atoms with van der Waals surface area (Å²) in [6.45, 7) is 5.93. The highest BCUT2D eigenvalue weighted by molar-refractivity contribution is 6.30. The summed E-state index contributed by atoms with van der Waals surface area (Å²) in [7, 11) is 0. The first kappa shape index (κ1) is 18.6. The van der Waals surface area contributed by atoms with Gasteiger partial charge in [0.25, 0.3) is 5.91 Å². The molecular formula is C20H21ClN6O. The molecule has 0 saturated carbocycles. The van der Waals surface area contributed by atoms with Gasteiger partial charge < -0.3 is 4.90 Å². The highest BCUT2D eigenvalue weighted by Gasteiger charge is 2.22. The maximum atomic E-state index is 12.9. The smallest absolute Gasteiger partial charge is 0.253 e. The van der Waals surface area contributed by atoms with Crippen molar-refractivity contribution in [3.8, 4) is 5.69 Å². The number of tetrazole rings is 1. The lowest BCUT2D eigenvalue weighted by Crippen LogP contribution is -2.48. The molecule has 0 radical (unpaired) electrons. The van der Waals surface area contributed by atoms with E-state index in [2.05, 4.69) is 26.5 Å². The standard InChI is InChI=1S/C20H21ClN6O/c1-15-11-17(5-6-19(15)27-14-22-23-24-27)20(28)26-9-7-25(8-10-26)13-16-3-2-4-18(21)12-16/h2-6,11-12,14H,7-10,13H2,1H3. The van der Waals surface area contributed by atoms with Crippen LogP contribution in [0.1, 0.15) is 21.5 Å². The Morgan fingerprint density at radius 1 is 1.11 bits per heavy atom. The van der Waals surface area contributed by atoms with Crippen LogP contribution in [0.25, 0.3) is 5.69 Å². The summed E-state index contributed by atoms with van der Waals surface area (Å²) in [6, 6.07) is 13.6. The topological polar surface area (TPSA) is 67.2 Å². The van der Waals surface area contributed by atoms with Crippen molar-refractivity contribution in [3.05, 3.63) is 70.5 Å². The van der Waals surface area contributed by atoms with Crippen LogP contribution in [0.5, 0.6) is 0 Å². The molecule has 7 nitrogen and oxygen atoms in total. The van der Waals surface area contributed by atoms with Crippen LogP contribution < -0.4 is 0 Å². The number of benzene rings is 2. The summed E-state index contributed by atoms with van der Waals surface area (Å²) in [6.07, 6.45) is 1.54. The Labute approximate surface area is 168 Å². The predicted molar refractivity (Wildman–Crippen MR) is 107 cm³/mol. The van der Waals surface area contributed by atoms with Crippen molar-refractivity contribution in [2.24, 2.45) is 0 Å². The third kappa shape index (κ3) is 4.05. The fourth-order valence-corrected chi connectivity index (χ4v) is 3.72. The lowest BCUT2D eigenvalue weighted by Gasteiger charge is -2.35. The van der Waals surface area contributed by atoms with Crippen molar-refractivity contribution in [2.75, 3.05) is 26.2 Å². The molecule has 1 aromatic heterocycles. The molecule has 1 amide bonds. The lowest BCUT2D eigenvalue weighted by atomic mass is 10.1. The summed E-state index contributed by atoms with van der Waals surface area (Å²) < 4.78 is 1.60. The molecule has 3 aromatic rings. The highest BCUT2D eigenvalue weighted by Crippen LogP contribution is 2.18. The van der Waals surface area contributed by atoms with Gasteiger partial charge in [0, 0.05) is 43.3 Å². The molecule has 0 bridgehead atoms. The Morgan fingerprint density at radius 3 is 2.61 bits per heavy atom. The predicted octanol–water partition coefficient (Wildman–Crippen LogP) is 2.58. The maximum absolute atomic E-state index is 12.9. The van der Waals surface area contributed by atoms with Gasteiger partial charge in [0.05, 0.1) is 5.69 Å². The van der Waals surface area contributed by atoms with Crippen molar-refractivity contribution < 1.29 is 4.79 Å². The average Bonchev–Trinajstić information content (AvgIpc) is 3.22. The zero-order valence-corrected chi connectivity index (χ0v) is 16.4. The van der Waals surface area contributed by atoms with Crippen molar-refractivity contribution in [2.45, 2.75) is 13.5 Å². The number of piperazine rings is 1. The molecule has 0 N–H and O–H groups in total. The van der Waals surface area contributed by atoms with E-state index in [0.717, 1.165) is 35.9 Å². The van der Waals surface area contributed by atoms with E-state index in [1.54, 1.807) is 11.0 Å². The van der Waals surface area contributed by atoms with Crippen LogP contribution in [0.15, 0.2) is 48.8 Å². The minimum absolute atomic E-state index is 0.0637. The molecule has 144 valence electrons. The number of halogens is 1. The van der Waals surface area contributed by atoms with E-state index in [-0.39, 0.29) is 5.91 Å². The number of rotatable bonds is 4. The van der Waals surface area contributed by atoms with E-state index in [9.17, 15) is 4.79 Å². The van der Waals surface area contributed by atoms with Gasteiger partial charge in [-0.3, -0.25) is 9.69 Å². The van der Waals surface area contributed by atoms with Crippen LogP contribution >= 0.6 is 11.6 Å². The summed E-state index contributed by atoms with van der Waals surface area (Å²) >= 11 is 6.07. The number of hydrogen-bond donors (Lipinski definition) is 0. The van der Waals surface area contributed by atoms with Crippen LogP contribution in [-0.2, 0) is 6.54 Å². The van der Waals surface area contributed by atoms with Crippen molar-refractivity contribution in [1.82, 2.24) is 30.0 Å². The van der Waals surface area contributed by atoms with E-state index < -0.39 is 0 Å². The number of amides is 1. The van der Waals surface area contributed by atoms with Crippen LogP contribution in [0.2, 0.25) is 5.02 Å². The number of nitrogens with zero attached hydrogens (tertiary/aromatic N) is 6. The lowest BCUT2D eigenvalue weighted by molar-refractivity contribution is 0.0628. The van der Waals surface area contributed by atoms with Gasteiger partial charge in [-0.1, -0.05) is 23.7 Å². The number of carbonyl (C=O) groups excluding carboxylic acids is 1. The van der Waals surface area contributed by atoms with E-state index in [0.29, 0.717) is 18.7 Å². The molecule has 1 aliphatic rings. The molecule has 1 aliphatic heterocycles. The molecule has 1 fully saturated rings. The Balaban J connectivity index is 1.38. The van der Waals surface area contributed by atoms with Gasteiger partial charge in [0.15, 0.2) is 0 Å². The second kappa shape index (κ2) is 8.08. The third-order valence-corrected chi connectivity index (χ3v) is 5.23. The molecule has 2 heterocycles. The monoisotopic (exact) mass is 396 g/mol. The SMILES string of the molecule is Cc1cc(C(=O)N2CCN(Cc3cccc(Cl)c3)CC2)ccc1-n1cnnn1. The normalized spacial score (nSPS) is 15.0. The first-order valence-corrected chi connectivity index (χ1v) is 9.58. The first-order chi connectivity index (χ1) is 13.6. The van der Waals surface area contributed by atoms with Gasteiger partial charge in [-0.05, 0) is 58.8 Å². The van der Waals surface area contributed by atoms with E-state index in [1.807, 2.05) is 48.2 Å². The zero-order chi connectivity index (χ0) is 19.5. The molecule has 2 aromatic carbocycles. The largest absolute Gasteiger partial charge is 0.336 e. The summed E-state index contributed by atoms with van der Waals surface area (Å²) in [4.78, 5) is 17.2. The Bertz CT molecular complexity index is 967. The minimum atomic E-state index is 0.0637. The van der Waals surface area contributed by atoms with Crippen LogP contribution in [0.3, 0.4) is 0 Å². The molecule has 0 spiro atoms. The van der Waals surface area contributed by atoms with Crippen molar-refractivity contribution >= 4 is 17.5 Å². The minimum Gasteiger partial charge on any atom is -0.336 e. The Hall–Kier alpha value is -2.77. The first-order valence-electron chi connectivity index (χ1n) is 9.20. The summed E-state index contributed by atoms with van der Waals surface area (Å²) in [5, 5.41) is 12.0. The van der Waals surface area contributed by atoms with Gasteiger partial charge in [0.2, 0.25) is 0 Å². The molecule has 0 unspecified atom stereocenters. The second-order valence-electron chi connectivity index (χ2n) is 6.95. The molecule has 0 atom stereocenters. The van der Waals surface area contributed by atoms with Gasteiger partial charge in [-0.2, -0.15) is 0 Å². The van der Waals surface area contributed by atoms with E-state index in [1.165, 1.54) is 5.56 Å². The summed E-state index contributed by atoms with van der Waals surface area (Å²) in [5.41, 5.74) is 3.71. The van der Waals surface area contributed by atoms with Crippen LogP contribution in [0, 0.1) is 6.92 Å². The highest BCUT2D eigenvalue weighted by atomic mass is 35.5. The Morgan fingerprint density at radius 2 is 1.93 bits per heavy atom. The maximum Gasteiger partial charge on any atom is 0.253 e. The number of aromatic nitrogens is 4. The molecule has 0 aliphatic carbocycles.